The Morgan fingerprint density at radius 2 is 1.85 bits per heavy atom. The van der Waals surface area contributed by atoms with Crippen molar-refractivity contribution in [3.05, 3.63) is 0 Å². The molecule has 20 heavy (non-hydrogen) atoms. The van der Waals surface area contributed by atoms with Crippen molar-refractivity contribution in [2.75, 3.05) is 26.2 Å². The summed E-state index contributed by atoms with van der Waals surface area (Å²) in [5, 5.41) is 12.7. The van der Waals surface area contributed by atoms with Gasteiger partial charge in [0.2, 0.25) is 0 Å². The largest absolute Gasteiger partial charge is 0.314 e. The second-order valence-electron chi connectivity index (χ2n) is 7.42. The van der Waals surface area contributed by atoms with Gasteiger partial charge in [-0.15, -0.1) is 0 Å². The number of nitriles is 1. The molecule has 0 atom stereocenters. The van der Waals surface area contributed by atoms with Crippen LogP contribution in [0.5, 0.6) is 0 Å². The highest BCUT2D eigenvalue weighted by molar-refractivity contribution is 4.91. The van der Waals surface area contributed by atoms with Crippen LogP contribution in [-0.2, 0) is 0 Å². The highest BCUT2D eigenvalue weighted by Crippen LogP contribution is 2.28. The molecule has 114 valence electrons. The predicted molar refractivity (Wildman–Crippen MR) is 83.4 cm³/mol. The molecule has 1 N–H and O–H groups in total. The number of hydrogen-bond acceptors (Lipinski definition) is 3. The van der Waals surface area contributed by atoms with Gasteiger partial charge in [-0.1, -0.05) is 6.42 Å². The van der Waals surface area contributed by atoms with E-state index in [1.165, 1.54) is 64.7 Å². The van der Waals surface area contributed by atoms with Crippen LogP contribution in [-0.4, -0.2) is 37.1 Å². The Balaban J connectivity index is 1.50. The van der Waals surface area contributed by atoms with Crippen molar-refractivity contribution in [2.24, 2.45) is 11.3 Å². The van der Waals surface area contributed by atoms with Crippen LogP contribution in [0.4, 0.5) is 0 Å². The highest BCUT2D eigenvalue weighted by Gasteiger charge is 2.24. The van der Waals surface area contributed by atoms with Crippen molar-refractivity contribution in [3.8, 4) is 6.07 Å². The second-order valence-corrected chi connectivity index (χ2v) is 7.42. The predicted octanol–water partition coefficient (Wildman–Crippen LogP) is 3.17. The third-order valence-corrected chi connectivity index (χ3v) is 4.81. The summed E-state index contributed by atoms with van der Waals surface area (Å²) in [7, 11) is 0. The lowest BCUT2D eigenvalue weighted by Gasteiger charge is -2.32. The molecule has 0 bridgehead atoms. The molecule has 0 aromatic rings. The van der Waals surface area contributed by atoms with Crippen LogP contribution >= 0.6 is 0 Å². The van der Waals surface area contributed by atoms with Crippen molar-refractivity contribution in [2.45, 2.75) is 64.8 Å². The Labute approximate surface area is 124 Å². The zero-order valence-corrected chi connectivity index (χ0v) is 13.3. The molecule has 1 saturated heterocycles. The zero-order chi connectivity index (χ0) is 14.4. The van der Waals surface area contributed by atoms with E-state index in [0.29, 0.717) is 0 Å². The van der Waals surface area contributed by atoms with Gasteiger partial charge >= 0.3 is 0 Å². The van der Waals surface area contributed by atoms with Gasteiger partial charge in [0.15, 0.2) is 0 Å². The Bertz CT molecular complexity index is 320. The van der Waals surface area contributed by atoms with Crippen LogP contribution in [0, 0.1) is 22.7 Å². The summed E-state index contributed by atoms with van der Waals surface area (Å²) < 4.78 is 0. The van der Waals surface area contributed by atoms with Crippen molar-refractivity contribution >= 4 is 0 Å². The van der Waals surface area contributed by atoms with Gasteiger partial charge in [-0.2, -0.15) is 5.26 Å². The summed E-state index contributed by atoms with van der Waals surface area (Å²) in [5.74, 6) is 0.997. The summed E-state index contributed by atoms with van der Waals surface area (Å²) in [6.45, 7) is 9.08. The van der Waals surface area contributed by atoms with Crippen LogP contribution in [0.2, 0.25) is 0 Å². The third-order valence-electron chi connectivity index (χ3n) is 4.81. The molecular weight excluding hydrogens is 246 g/mol. The normalized spacial score (nSPS) is 21.9. The van der Waals surface area contributed by atoms with Crippen molar-refractivity contribution in [1.82, 2.24) is 10.2 Å². The quantitative estimate of drug-likeness (QED) is 0.693. The number of likely N-dealkylation sites (tertiary alicyclic amines) is 1. The first-order valence-electron chi connectivity index (χ1n) is 8.46. The van der Waals surface area contributed by atoms with Crippen LogP contribution in [0.1, 0.15) is 58.8 Å². The van der Waals surface area contributed by atoms with E-state index in [0.717, 1.165) is 18.4 Å². The molecule has 0 aromatic carbocycles. The molecule has 0 spiro atoms. The van der Waals surface area contributed by atoms with Gasteiger partial charge in [-0.3, -0.25) is 0 Å². The first kappa shape index (κ1) is 15.8. The van der Waals surface area contributed by atoms with E-state index in [1.54, 1.807) is 0 Å². The van der Waals surface area contributed by atoms with Crippen LogP contribution in [0.3, 0.4) is 0 Å². The number of nitrogens with one attached hydrogen (secondary N) is 1. The Kier molecular flexibility index (Phi) is 5.86. The molecule has 2 aliphatic rings. The minimum Gasteiger partial charge on any atom is -0.314 e. The molecule has 3 heteroatoms. The number of unbranched alkanes of at least 4 members (excludes halogenated alkanes) is 1. The average Bonchev–Trinajstić information content (AvgIpc) is 3.27. The SMILES string of the molecule is CC(C)(C#N)CCCCN1CCC(NCC2CC2)CC1. The molecule has 0 unspecified atom stereocenters. The van der Waals surface area contributed by atoms with Crippen molar-refractivity contribution < 1.29 is 0 Å². The lowest BCUT2D eigenvalue weighted by Crippen LogP contribution is -2.43. The highest BCUT2D eigenvalue weighted by atomic mass is 15.1. The van der Waals surface area contributed by atoms with E-state index in [9.17, 15) is 0 Å². The lowest BCUT2D eigenvalue weighted by molar-refractivity contribution is 0.192. The van der Waals surface area contributed by atoms with E-state index in [1.807, 2.05) is 13.8 Å². The smallest absolute Gasteiger partial charge is 0.0683 e. The van der Waals surface area contributed by atoms with Gasteiger partial charge in [-0.05, 0) is 84.5 Å². The van der Waals surface area contributed by atoms with Gasteiger partial charge in [0, 0.05) is 6.04 Å². The van der Waals surface area contributed by atoms with Crippen LogP contribution in [0.15, 0.2) is 0 Å². The zero-order valence-electron chi connectivity index (χ0n) is 13.3. The fourth-order valence-corrected chi connectivity index (χ4v) is 2.97. The summed E-state index contributed by atoms with van der Waals surface area (Å²) in [4.78, 5) is 2.61. The summed E-state index contributed by atoms with van der Waals surface area (Å²) in [5.41, 5.74) is -0.139. The molecule has 1 heterocycles. The number of hydrogen-bond donors (Lipinski definition) is 1. The maximum atomic E-state index is 9.00. The molecule has 0 radical (unpaired) electrons. The Morgan fingerprint density at radius 3 is 2.45 bits per heavy atom. The molecule has 1 aliphatic heterocycles. The van der Waals surface area contributed by atoms with E-state index < -0.39 is 0 Å². The van der Waals surface area contributed by atoms with Crippen LogP contribution < -0.4 is 5.32 Å². The minimum absolute atomic E-state index is 0.139. The topological polar surface area (TPSA) is 39.1 Å². The Hall–Kier alpha value is -0.590. The average molecular weight is 277 g/mol. The van der Waals surface area contributed by atoms with E-state index >= 15 is 0 Å². The van der Waals surface area contributed by atoms with E-state index in [-0.39, 0.29) is 5.41 Å². The molecule has 1 saturated carbocycles. The molecular formula is C17H31N3. The molecule has 3 nitrogen and oxygen atoms in total. The van der Waals surface area contributed by atoms with Crippen molar-refractivity contribution in [1.29, 1.82) is 5.26 Å². The van der Waals surface area contributed by atoms with Gasteiger partial charge in [-0.25, -0.2) is 0 Å². The van der Waals surface area contributed by atoms with Crippen molar-refractivity contribution in [3.63, 3.8) is 0 Å². The summed E-state index contributed by atoms with van der Waals surface area (Å²) in [6.07, 6.45) is 8.98. The monoisotopic (exact) mass is 277 g/mol. The molecule has 0 amide bonds. The molecule has 2 rings (SSSR count). The van der Waals surface area contributed by atoms with E-state index in [2.05, 4.69) is 16.3 Å². The minimum atomic E-state index is -0.139. The first-order valence-corrected chi connectivity index (χ1v) is 8.46. The standard InChI is InChI=1S/C17H31N3/c1-17(2,14-18)9-3-4-10-20-11-7-16(8-12-20)19-13-15-5-6-15/h15-16,19H,3-13H2,1-2H3. The van der Waals surface area contributed by atoms with Crippen LogP contribution in [0.25, 0.3) is 0 Å². The van der Waals surface area contributed by atoms with Gasteiger partial charge < -0.3 is 10.2 Å². The first-order chi connectivity index (χ1) is 9.59. The third kappa shape index (κ3) is 5.81. The Morgan fingerprint density at radius 1 is 1.15 bits per heavy atom. The summed E-state index contributed by atoms with van der Waals surface area (Å²) >= 11 is 0. The van der Waals surface area contributed by atoms with Gasteiger partial charge in [0.05, 0.1) is 11.5 Å². The number of piperidine rings is 1. The van der Waals surface area contributed by atoms with Gasteiger partial charge in [0.1, 0.15) is 0 Å². The maximum Gasteiger partial charge on any atom is 0.0683 e. The molecule has 2 fully saturated rings. The number of rotatable bonds is 8. The number of nitrogens with zero attached hydrogens (tertiary/aromatic N) is 2. The second kappa shape index (κ2) is 7.43. The van der Waals surface area contributed by atoms with Gasteiger partial charge in [0.25, 0.3) is 0 Å². The lowest BCUT2D eigenvalue weighted by atomic mass is 9.89. The summed E-state index contributed by atoms with van der Waals surface area (Å²) in [6, 6.07) is 3.16. The fourth-order valence-electron chi connectivity index (χ4n) is 2.97. The van der Waals surface area contributed by atoms with E-state index in [4.69, 9.17) is 5.26 Å². The molecule has 0 aromatic heterocycles. The molecule has 1 aliphatic carbocycles. The maximum absolute atomic E-state index is 9.00. The fraction of sp³-hybridized carbons (Fsp3) is 0.941.